The molecule has 4 amide bonds. The van der Waals surface area contributed by atoms with Crippen molar-refractivity contribution in [1.82, 2.24) is 21.3 Å². The predicted octanol–water partition coefficient (Wildman–Crippen LogP) is -6.43. The number of benzene rings is 4. The molecule has 64 heavy (non-hydrogen) atoms. The van der Waals surface area contributed by atoms with Crippen molar-refractivity contribution in [3.05, 3.63) is 45.5 Å². The normalized spacial score (nSPS) is 11.2. The van der Waals surface area contributed by atoms with Gasteiger partial charge in [0, 0.05) is 56.6 Å². The molecule has 10 N–H and O–H groups in total. The van der Waals surface area contributed by atoms with Crippen molar-refractivity contribution < 1.29 is 129 Å². The summed E-state index contributed by atoms with van der Waals surface area (Å²) in [6.07, 6.45) is 2.06. The van der Waals surface area contributed by atoms with Crippen LogP contribution in [0.1, 0.15) is 72.9 Å². The summed E-state index contributed by atoms with van der Waals surface area (Å²) in [6, 6.07) is 3.23. The van der Waals surface area contributed by atoms with Gasteiger partial charge in [-0.25, -0.2) is 0 Å². The minimum absolute atomic E-state index is 0. The van der Waals surface area contributed by atoms with E-state index in [0.717, 1.165) is 12.4 Å². The average Bonchev–Trinajstić information content (AvgIpc) is 3.18. The van der Waals surface area contributed by atoms with Crippen LogP contribution in [0.25, 0.3) is 32.7 Å². The first-order valence-electron chi connectivity index (χ1n) is 19.0. The Labute approximate surface area is 410 Å². The number of phenols is 6. The van der Waals surface area contributed by atoms with E-state index < -0.39 is 121 Å². The number of fused-ring (bicyclic) bond motifs is 2. The Balaban J connectivity index is 0.00000704. The number of nitrogens with zero attached hydrogens (tertiary/aromatic N) is 2. The number of hydrogen-bond donors (Lipinski definition) is 10. The summed E-state index contributed by atoms with van der Waals surface area (Å²) in [6.45, 7) is 6.33. The van der Waals surface area contributed by atoms with Crippen molar-refractivity contribution >= 4 is 69.5 Å². The third kappa shape index (κ3) is 12.3. The predicted molar refractivity (Wildman–Crippen MR) is 222 cm³/mol. The Morgan fingerprint density at radius 2 is 0.844 bits per heavy atom. The van der Waals surface area contributed by atoms with Gasteiger partial charge in [0.1, 0.15) is 24.6 Å². The quantitative estimate of drug-likeness (QED) is 0.0268. The molecule has 0 bridgehead atoms. The monoisotopic (exact) mass is 904 g/mol. The summed E-state index contributed by atoms with van der Waals surface area (Å²) in [5, 5.41) is 99.8. The molecule has 330 valence electrons. The summed E-state index contributed by atoms with van der Waals surface area (Å²) in [7, 11) is 0. The number of aliphatic carboxylic acids is 2. The molecule has 22 heteroatoms. The van der Waals surface area contributed by atoms with Crippen LogP contribution in [0.5, 0.6) is 34.5 Å². The molecule has 0 atom stereocenters. The van der Waals surface area contributed by atoms with Gasteiger partial charge in [0.05, 0.1) is 38.1 Å². The molecule has 20 nitrogen and oxygen atoms in total. The van der Waals surface area contributed by atoms with Gasteiger partial charge in [-0.3, -0.25) is 29.2 Å². The van der Waals surface area contributed by atoms with Crippen LogP contribution in [0.2, 0.25) is 0 Å². The number of aromatic hydroxyl groups is 6. The Morgan fingerprint density at radius 1 is 0.531 bits per heavy atom. The molecule has 4 aromatic carbocycles. The number of hydrogen-bond acceptors (Lipinski definition) is 16. The van der Waals surface area contributed by atoms with E-state index in [1.165, 1.54) is 0 Å². The Morgan fingerprint density at radius 3 is 1.14 bits per heavy atom. The molecule has 0 unspecified atom stereocenters. The van der Waals surface area contributed by atoms with E-state index in [-0.39, 0.29) is 114 Å². The zero-order chi connectivity index (χ0) is 46.3. The topological polar surface area (TPSA) is 343 Å². The molecular weight excluding hydrogens is 858 g/mol. The first-order valence-corrected chi connectivity index (χ1v) is 19.0. The number of phenolic OH excluding ortho intramolecular Hbond substituents is 6. The maximum absolute atomic E-state index is 12.5. The summed E-state index contributed by atoms with van der Waals surface area (Å²) < 4.78 is 0. The molecular formula is C42H46N6Na2O14. The number of aryl methyl sites for hydroxylation is 2. The largest absolute Gasteiger partial charge is 1.00 e. The van der Waals surface area contributed by atoms with Crippen molar-refractivity contribution in [2.45, 2.75) is 53.4 Å². The molecule has 0 aliphatic rings. The van der Waals surface area contributed by atoms with Gasteiger partial charge in [-0.1, -0.05) is 39.8 Å². The summed E-state index contributed by atoms with van der Waals surface area (Å²) in [5.74, 6) is -10.5. The molecule has 0 aliphatic carbocycles. The molecule has 0 fully saturated rings. The minimum Gasteiger partial charge on any atom is -0.548 e. The van der Waals surface area contributed by atoms with Crippen LogP contribution in [0.4, 0.5) is 0 Å². The van der Waals surface area contributed by atoms with Crippen molar-refractivity contribution in [3.63, 3.8) is 0 Å². The van der Waals surface area contributed by atoms with E-state index >= 15 is 0 Å². The minimum atomic E-state index is -1.53. The number of carboxylic acids is 2. The Hall–Kier alpha value is -5.64. The van der Waals surface area contributed by atoms with Gasteiger partial charge >= 0.3 is 59.1 Å². The van der Waals surface area contributed by atoms with E-state index in [9.17, 15) is 69.6 Å². The van der Waals surface area contributed by atoms with Crippen molar-refractivity contribution in [2.75, 3.05) is 39.3 Å². The van der Waals surface area contributed by atoms with E-state index in [1.807, 2.05) is 10.6 Å². The number of carboxylic acid groups (broad SMARTS) is 2. The molecule has 0 spiro atoms. The molecule has 4 rings (SSSR count). The van der Waals surface area contributed by atoms with Crippen molar-refractivity contribution in [3.8, 4) is 45.6 Å². The van der Waals surface area contributed by atoms with Crippen LogP contribution in [-0.4, -0.2) is 118 Å². The summed E-state index contributed by atoms with van der Waals surface area (Å²) >= 11 is 0. The zero-order valence-corrected chi connectivity index (χ0v) is 40.6. The van der Waals surface area contributed by atoms with Gasteiger partial charge in [-0.05, 0) is 47.6 Å². The fourth-order valence-electron chi connectivity index (χ4n) is 7.00. The van der Waals surface area contributed by atoms with Crippen LogP contribution in [0.15, 0.2) is 22.1 Å². The molecule has 0 radical (unpaired) electrons. The van der Waals surface area contributed by atoms with Gasteiger partial charge in [-0.2, -0.15) is 0 Å². The molecule has 0 aromatic heterocycles. The van der Waals surface area contributed by atoms with E-state index in [0.29, 0.717) is 11.1 Å². The fourth-order valence-corrected chi connectivity index (χ4v) is 7.00. The summed E-state index contributed by atoms with van der Waals surface area (Å²) in [5.41, 5.74) is 0.909. The zero-order valence-electron chi connectivity index (χ0n) is 36.6. The van der Waals surface area contributed by atoms with Gasteiger partial charge in [0.15, 0.2) is 23.0 Å². The smallest absolute Gasteiger partial charge is 0.548 e. The number of amides is 4. The summed E-state index contributed by atoms with van der Waals surface area (Å²) in [4.78, 5) is 77.8. The molecule has 0 saturated heterocycles. The van der Waals surface area contributed by atoms with Crippen LogP contribution in [0.3, 0.4) is 0 Å². The third-order valence-corrected chi connectivity index (χ3v) is 9.65. The third-order valence-electron chi connectivity index (χ3n) is 9.65. The van der Waals surface area contributed by atoms with Crippen LogP contribution in [-0.2, 0) is 28.8 Å². The molecule has 0 saturated carbocycles. The van der Waals surface area contributed by atoms with Gasteiger partial charge in [0.25, 0.3) is 0 Å². The maximum atomic E-state index is 12.5. The maximum Gasteiger partial charge on any atom is 1.00 e. The standard InChI is InChI=1S/C42H48N6O14.2Na/c1-17(2)31-21-7-19(5)33(39(59)35(21)23(37(57)41(31)61)9-43-11-25(49)45-13-27(51)47-15-29(53)54)34-20(6)8-22-32(18(3)4)42(62)38(58)24(36(22)40(34)60)10-44-12-26(50)46-14-28(52)48-16-30(55)56;;/h7-10,17-18,57-62H,11-16H2,1-6H3,(H,45,49)(H,46,50)(H,47,51)(H,48,52)(H,53,54)(H,55,56);;/q;2*+1/p-2. The van der Waals surface area contributed by atoms with Crippen LogP contribution < -0.4 is 90.6 Å². The van der Waals surface area contributed by atoms with E-state index in [1.54, 1.807) is 53.7 Å². The van der Waals surface area contributed by atoms with Crippen LogP contribution >= 0.6 is 0 Å². The first kappa shape index (κ1) is 54.5. The van der Waals surface area contributed by atoms with Gasteiger partial charge in [-0.15, -0.1) is 0 Å². The number of carbonyl (C=O) groups is 6. The fraction of sp³-hybridized carbons (Fsp3) is 0.333. The average molecular weight is 905 g/mol. The van der Waals surface area contributed by atoms with Crippen molar-refractivity contribution in [2.24, 2.45) is 9.98 Å². The van der Waals surface area contributed by atoms with E-state index in [2.05, 4.69) is 20.6 Å². The second-order valence-electron chi connectivity index (χ2n) is 14.8. The number of aliphatic imine (C=N–C) groups is 2. The molecule has 4 aromatic rings. The van der Waals surface area contributed by atoms with Gasteiger partial charge in [0.2, 0.25) is 23.6 Å². The second-order valence-corrected chi connectivity index (χ2v) is 14.8. The SMILES string of the molecule is Cc1cc2c(C(C)C)c(O)c(O)c(C=NCC(=O)NCC(=O)NCC(=O)[O-])c2c(O)c1-c1c(C)cc2c(C(C)C)c(O)c(O)c(C=NCC(=O)NCC(=O)NCC(=O)[O-])c2c1O.[Na+].[Na+]. The molecule has 0 heterocycles. The number of rotatable bonds is 17. The Kier molecular flexibility index (Phi) is 19.9. The van der Waals surface area contributed by atoms with Crippen molar-refractivity contribution in [1.29, 1.82) is 0 Å². The first-order chi connectivity index (χ1) is 29.1. The van der Waals surface area contributed by atoms with Crippen LogP contribution in [0, 0.1) is 13.8 Å². The Bertz CT molecular complexity index is 2400. The van der Waals surface area contributed by atoms with E-state index in [4.69, 9.17) is 0 Å². The number of carbonyl (C=O) groups excluding carboxylic acids is 6. The molecule has 0 aliphatic heterocycles. The number of nitrogens with one attached hydrogen (secondary N) is 4. The van der Waals surface area contributed by atoms with Gasteiger partial charge < -0.3 is 71.7 Å². The second kappa shape index (κ2) is 23.3.